The molecule has 0 radical (unpaired) electrons. The number of hydrogen-bond donors (Lipinski definition) is 1. The topological polar surface area (TPSA) is 20.2 Å². The third kappa shape index (κ3) is 9.44. The summed E-state index contributed by atoms with van der Waals surface area (Å²) in [5.41, 5.74) is 0. The first-order valence-electron chi connectivity index (χ1n) is 4.25. The molecule has 0 saturated heterocycles. The fraction of sp³-hybridized carbons (Fsp3) is 0.600. The van der Waals surface area contributed by atoms with E-state index in [0.717, 1.165) is 19.3 Å². The van der Waals surface area contributed by atoms with Crippen LogP contribution < -0.4 is 0 Å². The van der Waals surface area contributed by atoms with E-state index in [9.17, 15) is 0 Å². The lowest BCUT2D eigenvalue weighted by molar-refractivity contribution is 0.198. The van der Waals surface area contributed by atoms with Crippen molar-refractivity contribution in [2.24, 2.45) is 0 Å². The Kier molecular flexibility index (Phi) is 7.16. The lowest BCUT2D eigenvalue weighted by Gasteiger charge is -1.94. The second-order valence-corrected chi connectivity index (χ2v) is 2.67. The van der Waals surface area contributed by atoms with Crippen molar-refractivity contribution >= 4 is 0 Å². The lowest BCUT2D eigenvalue weighted by Crippen LogP contribution is -1.94. The summed E-state index contributed by atoms with van der Waals surface area (Å²) in [5, 5.41) is 8.89. The number of aliphatic hydroxyl groups is 1. The van der Waals surface area contributed by atoms with E-state index in [0.29, 0.717) is 0 Å². The fourth-order valence-corrected chi connectivity index (χ4v) is 0.731. The van der Waals surface area contributed by atoms with Gasteiger partial charge in [0.05, 0.1) is 6.10 Å². The molecule has 0 rings (SSSR count). The zero-order valence-electron chi connectivity index (χ0n) is 7.46. The molecule has 11 heavy (non-hydrogen) atoms. The number of aliphatic hydroxyl groups excluding tert-OH is 1. The zero-order valence-corrected chi connectivity index (χ0v) is 7.46. The minimum absolute atomic E-state index is 0.207. The molecule has 0 amide bonds. The molecular formula is C10H18O. The molecule has 0 spiro atoms. The van der Waals surface area contributed by atoms with E-state index in [-0.39, 0.29) is 6.10 Å². The van der Waals surface area contributed by atoms with Crippen LogP contribution in [0.4, 0.5) is 0 Å². The summed E-state index contributed by atoms with van der Waals surface area (Å²) in [5.74, 6) is 0. The number of hydrogen-bond acceptors (Lipinski definition) is 1. The van der Waals surface area contributed by atoms with Gasteiger partial charge in [0.25, 0.3) is 0 Å². The van der Waals surface area contributed by atoms with Crippen LogP contribution in [0.3, 0.4) is 0 Å². The monoisotopic (exact) mass is 154 g/mol. The Morgan fingerprint density at radius 1 is 1.18 bits per heavy atom. The van der Waals surface area contributed by atoms with Crippen LogP contribution >= 0.6 is 0 Å². The van der Waals surface area contributed by atoms with Gasteiger partial charge in [-0.3, -0.25) is 0 Å². The quantitative estimate of drug-likeness (QED) is 0.604. The molecule has 0 aromatic carbocycles. The van der Waals surface area contributed by atoms with E-state index < -0.39 is 0 Å². The van der Waals surface area contributed by atoms with Crippen molar-refractivity contribution in [1.29, 1.82) is 0 Å². The molecule has 1 unspecified atom stereocenters. The fourth-order valence-electron chi connectivity index (χ4n) is 0.731. The van der Waals surface area contributed by atoms with E-state index in [1.807, 2.05) is 6.08 Å². The number of allylic oxidation sites excluding steroid dienone is 3. The predicted molar refractivity (Wildman–Crippen MR) is 49.5 cm³/mol. The molecule has 1 atom stereocenters. The highest BCUT2D eigenvalue weighted by molar-refractivity contribution is 4.92. The SMILES string of the molecule is CCC=CCC=CCC(C)O. The van der Waals surface area contributed by atoms with Gasteiger partial charge in [-0.25, -0.2) is 0 Å². The summed E-state index contributed by atoms with van der Waals surface area (Å²) < 4.78 is 0. The van der Waals surface area contributed by atoms with E-state index in [2.05, 4.69) is 25.2 Å². The van der Waals surface area contributed by atoms with Crippen molar-refractivity contribution in [1.82, 2.24) is 0 Å². The molecule has 0 fully saturated rings. The maximum Gasteiger partial charge on any atom is 0.0546 e. The van der Waals surface area contributed by atoms with Crippen LogP contribution in [-0.4, -0.2) is 11.2 Å². The van der Waals surface area contributed by atoms with Crippen LogP contribution in [0.2, 0.25) is 0 Å². The first-order chi connectivity index (χ1) is 5.27. The van der Waals surface area contributed by atoms with Crippen LogP contribution in [0.15, 0.2) is 24.3 Å². The predicted octanol–water partition coefficient (Wildman–Crippen LogP) is 2.67. The van der Waals surface area contributed by atoms with Crippen LogP contribution in [0.5, 0.6) is 0 Å². The van der Waals surface area contributed by atoms with Gasteiger partial charge in [-0.2, -0.15) is 0 Å². The highest BCUT2D eigenvalue weighted by atomic mass is 16.3. The summed E-state index contributed by atoms with van der Waals surface area (Å²) in [6.07, 6.45) is 11.0. The first kappa shape index (κ1) is 10.4. The van der Waals surface area contributed by atoms with Crippen molar-refractivity contribution in [3.05, 3.63) is 24.3 Å². The molecular weight excluding hydrogens is 136 g/mol. The van der Waals surface area contributed by atoms with Crippen LogP contribution in [0.1, 0.15) is 33.1 Å². The van der Waals surface area contributed by atoms with Crippen LogP contribution in [0.25, 0.3) is 0 Å². The number of rotatable bonds is 5. The second kappa shape index (κ2) is 7.55. The van der Waals surface area contributed by atoms with Gasteiger partial charge >= 0.3 is 0 Å². The minimum atomic E-state index is -0.207. The molecule has 0 saturated carbocycles. The lowest BCUT2D eigenvalue weighted by atomic mass is 10.2. The summed E-state index contributed by atoms with van der Waals surface area (Å²) in [6.45, 7) is 3.92. The molecule has 0 aromatic rings. The molecule has 0 aliphatic rings. The summed E-state index contributed by atoms with van der Waals surface area (Å²) >= 11 is 0. The highest BCUT2D eigenvalue weighted by Gasteiger charge is 1.86. The van der Waals surface area contributed by atoms with Crippen molar-refractivity contribution in [2.75, 3.05) is 0 Å². The largest absolute Gasteiger partial charge is 0.393 e. The Hall–Kier alpha value is -0.560. The third-order valence-electron chi connectivity index (χ3n) is 1.32. The van der Waals surface area contributed by atoms with Gasteiger partial charge in [0, 0.05) is 0 Å². The average molecular weight is 154 g/mol. The van der Waals surface area contributed by atoms with E-state index in [4.69, 9.17) is 5.11 Å². The molecule has 0 aromatic heterocycles. The van der Waals surface area contributed by atoms with Crippen molar-refractivity contribution < 1.29 is 5.11 Å². The maximum atomic E-state index is 8.89. The third-order valence-corrected chi connectivity index (χ3v) is 1.32. The Balaban J connectivity index is 3.23. The van der Waals surface area contributed by atoms with Crippen molar-refractivity contribution in [3.8, 4) is 0 Å². The van der Waals surface area contributed by atoms with Crippen LogP contribution in [0, 0.1) is 0 Å². The standard InChI is InChI=1S/C10H18O/c1-3-4-5-6-7-8-9-10(2)11/h4-5,7-8,10-11H,3,6,9H2,1-2H3. The molecule has 0 aliphatic carbocycles. The van der Waals surface area contributed by atoms with Gasteiger partial charge in [-0.15, -0.1) is 0 Å². The molecule has 0 bridgehead atoms. The Morgan fingerprint density at radius 3 is 2.36 bits per heavy atom. The van der Waals surface area contributed by atoms with Gasteiger partial charge in [0.2, 0.25) is 0 Å². The second-order valence-electron chi connectivity index (χ2n) is 2.67. The van der Waals surface area contributed by atoms with E-state index in [1.54, 1.807) is 6.92 Å². The highest BCUT2D eigenvalue weighted by Crippen LogP contribution is 1.94. The van der Waals surface area contributed by atoms with Gasteiger partial charge in [-0.05, 0) is 26.2 Å². The van der Waals surface area contributed by atoms with Crippen molar-refractivity contribution in [2.45, 2.75) is 39.2 Å². The molecule has 1 N–H and O–H groups in total. The molecule has 1 nitrogen and oxygen atoms in total. The molecule has 0 aliphatic heterocycles. The first-order valence-corrected chi connectivity index (χ1v) is 4.25. The Bertz CT molecular complexity index is 123. The van der Waals surface area contributed by atoms with Gasteiger partial charge in [0.1, 0.15) is 0 Å². The molecule has 0 heterocycles. The maximum absolute atomic E-state index is 8.89. The molecule has 64 valence electrons. The summed E-state index contributed by atoms with van der Waals surface area (Å²) in [4.78, 5) is 0. The van der Waals surface area contributed by atoms with Gasteiger partial charge in [-0.1, -0.05) is 31.2 Å². The molecule has 1 heteroatoms. The van der Waals surface area contributed by atoms with Gasteiger partial charge in [0.15, 0.2) is 0 Å². The zero-order chi connectivity index (χ0) is 8.53. The van der Waals surface area contributed by atoms with E-state index in [1.165, 1.54) is 0 Å². The minimum Gasteiger partial charge on any atom is -0.393 e. The average Bonchev–Trinajstić information content (AvgIpc) is 1.96. The summed E-state index contributed by atoms with van der Waals surface area (Å²) in [6, 6.07) is 0. The van der Waals surface area contributed by atoms with Crippen molar-refractivity contribution in [3.63, 3.8) is 0 Å². The van der Waals surface area contributed by atoms with E-state index >= 15 is 0 Å². The smallest absolute Gasteiger partial charge is 0.0546 e. The Labute approximate surface area is 69.4 Å². The Morgan fingerprint density at radius 2 is 1.82 bits per heavy atom. The van der Waals surface area contributed by atoms with Crippen LogP contribution in [-0.2, 0) is 0 Å². The normalized spacial score (nSPS) is 14.8. The van der Waals surface area contributed by atoms with Gasteiger partial charge < -0.3 is 5.11 Å². The summed E-state index contributed by atoms with van der Waals surface area (Å²) in [7, 11) is 0.